The minimum Gasteiger partial charge on any atom is -0.356 e. The zero-order chi connectivity index (χ0) is 21.5. The average molecular weight is 471 g/mol. The summed E-state index contributed by atoms with van der Waals surface area (Å²) in [5, 5.41) is 5.59. The van der Waals surface area contributed by atoms with Crippen LogP contribution in [0.4, 0.5) is 5.69 Å². The van der Waals surface area contributed by atoms with Crippen LogP contribution in [0.3, 0.4) is 0 Å². The highest BCUT2D eigenvalue weighted by Gasteiger charge is 2.15. The van der Waals surface area contributed by atoms with Gasteiger partial charge in [-0.1, -0.05) is 35.0 Å². The van der Waals surface area contributed by atoms with Crippen LogP contribution < -0.4 is 16.2 Å². The lowest BCUT2D eigenvalue weighted by molar-refractivity contribution is -0.121. The number of halogens is 1. The summed E-state index contributed by atoms with van der Waals surface area (Å²) < 4.78 is 2.32. The minimum atomic E-state index is -0.358. The topological polar surface area (TPSA) is 93.1 Å². The number of fused-ring (bicyclic) bond motifs is 1. The van der Waals surface area contributed by atoms with Gasteiger partial charge in [0.25, 0.3) is 5.56 Å². The molecule has 0 aliphatic heterocycles. The van der Waals surface area contributed by atoms with E-state index < -0.39 is 0 Å². The molecule has 3 rings (SSSR count). The maximum atomic E-state index is 13.0. The highest BCUT2D eigenvalue weighted by molar-refractivity contribution is 9.10. The number of amides is 2. The van der Waals surface area contributed by atoms with Crippen molar-refractivity contribution in [2.24, 2.45) is 0 Å². The third-order valence-electron chi connectivity index (χ3n) is 4.51. The van der Waals surface area contributed by atoms with Gasteiger partial charge < -0.3 is 10.6 Å². The number of anilines is 1. The van der Waals surface area contributed by atoms with Crippen molar-refractivity contribution in [3.05, 3.63) is 69.1 Å². The van der Waals surface area contributed by atoms with Crippen LogP contribution in [-0.2, 0) is 22.6 Å². The van der Waals surface area contributed by atoms with E-state index in [1.54, 1.807) is 30.3 Å². The van der Waals surface area contributed by atoms with Gasteiger partial charge >= 0.3 is 0 Å². The zero-order valence-electron chi connectivity index (χ0n) is 16.7. The number of nitrogens with zero attached hydrogens (tertiary/aromatic N) is 2. The molecule has 2 amide bonds. The second-order valence-electron chi connectivity index (χ2n) is 6.84. The van der Waals surface area contributed by atoms with Gasteiger partial charge in [0.05, 0.1) is 11.0 Å². The number of rotatable bonds is 8. The van der Waals surface area contributed by atoms with Gasteiger partial charge in [0.1, 0.15) is 12.2 Å². The van der Waals surface area contributed by atoms with Gasteiger partial charge in [-0.2, -0.15) is 0 Å². The molecule has 156 valence electrons. The number of para-hydroxylation sites is 2. The van der Waals surface area contributed by atoms with Crippen LogP contribution in [-0.4, -0.2) is 27.9 Å². The molecule has 1 aromatic heterocycles. The molecule has 1 heterocycles. The predicted molar refractivity (Wildman–Crippen MR) is 120 cm³/mol. The third kappa shape index (κ3) is 5.54. The Hall–Kier alpha value is -3.00. The molecule has 0 aliphatic carbocycles. The second kappa shape index (κ2) is 10.2. The lowest BCUT2D eigenvalue weighted by atomic mass is 10.2. The Kier molecular flexibility index (Phi) is 7.35. The smallest absolute Gasteiger partial charge is 0.273 e. The molecule has 2 aromatic carbocycles. The molecule has 2 N–H and O–H groups in total. The lowest BCUT2D eigenvalue weighted by Crippen LogP contribution is -2.32. The van der Waals surface area contributed by atoms with E-state index in [4.69, 9.17) is 0 Å². The van der Waals surface area contributed by atoms with Crippen LogP contribution in [0, 0.1) is 0 Å². The lowest BCUT2D eigenvalue weighted by Gasteiger charge is -2.13. The van der Waals surface area contributed by atoms with E-state index in [1.165, 1.54) is 4.57 Å². The number of nitrogens with one attached hydrogen (secondary N) is 2. The summed E-state index contributed by atoms with van der Waals surface area (Å²) in [5.74, 6) is -0.437. The molecule has 0 saturated heterocycles. The van der Waals surface area contributed by atoms with Crippen molar-refractivity contribution in [3.63, 3.8) is 0 Å². The van der Waals surface area contributed by atoms with E-state index in [-0.39, 0.29) is 42.5 Å². The summed E-state index contributed by atoms with van der Waals surface area (Å²) in [5.41, 5.74) is 1.74. The number of carbonyl (C=O) groups is 2. The first-order valence-electron chi connectivity index (χ1n) is 9.78. The molecule has 0 spiro atoms. The van der Waals surface area contributed by atoms with E-state index >= 15 is 0 Å². The maximum absolute atomic E-state index is 13.0. The largest absolute Gasteiger partial charge is 0.356 e. The Morgan fingerprint density at radius 2 is 1.80 bits per heavy atom. The summed E-state index contributed by atoms with van der Waals surface area (Å²) in [6.45, 7) is 2.43. The maximum Gasteiger partial charge on any atom is 0.273 e. The first-order chi connectivity index (χ1) is 14.5. The van der Waals surface area contributed by atoms with Crippen molar-refractivity contribution in [2.75, 3.05) is 11.9 Å². The summed E-state index contributed by atoms with van der Waals surface area (Å²) in [6, 6.07) is 14.4. The van der Waals surface area contributed by atoms with Gasteiger partial charge in [-0.25, -0.2) is 4.98 Å². The van der Waals surface area contributed by atoms with Crippen molar-refractivity contribution < 1.29 is 9.59 Å². The molecule has 0 aliphatic rings. The summed E-state index contributed by atoms with van der Waals surface area (Å²) >= 11 is 3.36. The van der Waals surface area contributed by atoms with Gasteiger partial charge in [-0.3, -0.25) is 19.0 Å². The molecule has 0 unspecified atom stereocenters. The van der Waals surface area contributed by atoms with E-state index in [0.29, 0.717) is 23.3 Å². The van der Waals surface area contributed by atoms with Crippen molar-refractivity contribution in [3.8, 4) is 0 Å². The van der Waals surface area contributed by atoms with E-state index in [1.807, 2.05) is 25.1 Å². The van der Waals surface area contributed by atoms with E-state index in [9.17, 15) is 14.4 Å². The summed E-state index contributed by atoms with van der Waals surface area (Å²) in [6.07, 6.45) is 1.24. The number of aromatic nitrogens is 2. The molecule has 30 heavy (non-hydrogen) atoms. The minimum absolute atomic E-state index is 0.120. The van der Waals surface area contributed by atoms with Crippen LogP contribution in [0.2, 0.25) is 0 Å². The normalized spacial score (nSPS) is 10.7. The van der Waals surface area contributed by atoms with Gasteiger partial charge in [-0.05, 0) is 42.8 Å². The van der Waals surface area contributed by atoms with E-state index in [0.717, 1.165) is 10.9 Å². The molecule has 7 nitrogen and oxygen atoms in total. The highest BCUT2D eigenvalue weighted by atomic mass is 79.9. The zero-order valence-corrected chi connectivity index (χ0v) is 18.2. The highest BCUT2D eigenvalue weighted by Crippen LogP contribution is 2.15. The van der Waals surface area contributed by atoms with Crippen molar-refractivity contribution in [1.29, 1.82) is 0 Å². The molecule has 8 heteroatoms. The molecular formula is C22H23BrN4O3. The Labute approximate surface area is 182 Å². The molecule has 3 aromatic rings. The Balaban J connectivity index is 1.84. The Bertz CT molecular complexity index is 1110. The number of aryl methyl sites for hydroxylation is 1. The number of hydrogen-bond acceptors (Lipinski definition) is 4. The third-order valence-corrected chi connectivity index (χ3v) is 5.04. The van der Waals surface area contributed by atoms with Gasteiger partial charge in [0, 0.05) is 29.5 Å². The first kappa shape index (κ1) is 21.7. The predicted octanol–water partition coefficient (Wildman–Crippen LogP) is 3.26. The summed E-state index contributed by atoms with van der Waals surface area (Å²) in [7, 11) is 0. The Morgan fingerprint density at radius 1 is 1.07 bits per heavy atom. The van der Waals surface area contributed by atoms with Gasteiger partial charge in [0.2, 0.25) is 11.8 Å². The van der Waals surface area contributed by atoms with Crippen LogP contribution >= 0.6 is 15.9 Å². The molecule has 0 atom stereocenters. The standard InChI is InChI=1S/C22H23BrN4O3/c1-2-13-24-20(28)12-11-18-22(30)27(19-6-4-3-5-17(19)26-18)14-21(29)25-16-9-7-15(23)8-10-16/h3-10H,2,11-14H2,1H3,(H,24,28)(H,25,29). The number of hydrogen-bond donors (Lipinski definition) is 2. The molecule has 0 fully saturated rings. The number of benzene rings is 2. The van der Waals surface area contributed by atoms with Gasteiger partial charge in [-0.15, -0.1) is 0 Å². The number of carbonyl (C=O) groups excluding carboxylic acids is 2. The van der Waals surface area contributed by atoms with Crippen molar-refractivity contribution >= 4 is 44.5 Å². The van der Waals surface area contributed by atoms with Crippen molar-refractivity contribution in [2.45, 2.75) is 32.7 Å². The fourth-order valence-electron chi connectivity index (χ4n) is 3.03. The first-order valence-corrected chi connectivity index (χ1v) is 10.6. The fourth-order valence-corrected chi connectivity index (χ4v) is 3.29. The van der Waals surface area contributed by atoms with Crippen LogP contribution in [0.1, 0.15) is 25.5 Å². The Morgan fingerprint density at radius 3 is 2.53 bits per heavy atom. The fraction of sp³-hybridized carbons (Fsp3) is 0.273. The second-order valence-corrected chi connectivity index (χ2v) is 7.76. The van der Waals surface area contributed by atoms with Crippen LogP contribution in [0.5, 0.6) is 0 Å². The van der Waals surface area contributed by atoms with E-state index in [2.05, 4.69) is 31.5 Å². The summed E-state index contributed by atoms with van der Waals surface area (Å²) in [4.78, 5) is 42.0. The SMILES string of the molecule is CCCNC(=O)CCc1nc2ccccc2n(CC(=O)Nc2ccc(Br)cc2)c1=O. The molecule has 0 bridgehead atoms. The van der Waals surface area contributed by atoms with Crippen molar-refractivity contribution in [1.82, 2.24) is 14.9 Å². The molecular weight excluding hydrogens is 448 g/mol. The molecule has 0 radical (unpaired) electrons. The monoisotopic (exact) mass is 470 g/mol. The molecule has 0 saturated carbocycles. The quantitative estimate of drug-likeness (QED) is 0.528. The van der Waals surface area contributed by atoms with Gasteiger partial charge in [0.15, 0.2) is 0 Å². The van der Waals surface area contributed by atoms with Crippen LogP contribution in [0.15, 0.2) is 57.8 Å². The average Bonchev–Trinajstić information content (AvgIpc) is 2.74. The van der Waals surface area contributed by atoms with Crippen LogP contribution in [0.25, 0.3) is 11.0 Å².